The van der Waals surface area contributed by atoms with Crippen molar-refractivity contribution in [2.24, 2.45) is 5.73 Å². The van der Waals surface area contributed by atoms with E-state index in [0.29, 0.717) is 5.92 Å². The first-order chi connectivity index (χ1) is 7.70. The molecule has 0 bridgehead atoms. The van der Waals surface area contributed by atoms with Crippen LogP contribution in [0.2, 0.25) is 10.0 Å². The zero-order chi connectivity index (χ0) is 11.5. The number of hydrogen-bond acceptors (Lipinski definition) is 1. The van der Waals surface area contributed by atoms with Gasteiger partial charge in [-0.2, -0.15) is 0 Å². The fourth-order valence-electron chi connectivity index (χ4n) is 2.56. The molecule has 1 aromatic carbocycles. The second-order valence-electron chi connectivity index (χ2n) is 4.54. The maximum absolute atomic E-state index is 6.24. The highest BCUT2D eigenvalue weighted by atomic mass is 35.5. The highest BCUT2D eigenvalue weighted by Crippen LogP contribution is 2.38. The number of benzene rings is 1. The summed E-state index contributed by atoms with van der Waals surface area (Å²) in [5.74, 6) is 0.323. The first-order valence-electron chi connectivity index (χ1n) is 5.89. The molecule has 2 unspecified atom stereocenters. The second-order valence-corrected chi connectivity index (χ2v) is 5.36. The van der Waals surface area contributed by atoms with Gasteiger partial charge < -0.3 is 5.73 Å². The van der Waals surface area contributed by atoms with Gasteiger partial charge in [0.15, 0.2) is 0 Å². The number of nitrogens with two attached hydrogens (primary N) is 1. The lowest BCUT2D eigenvalue weighted by molar-refractivity contribution is 0.505. The standard InChI is InChI=1S/C13H17Cl2N/c14-10-6-4-7-11(15)13(10)9-5-2-1-3-8-12(9)16/h4,6-7,9,12H,1-3,5,8,16H2. The predicted molar refractivity (Wildman–Crippen MR) is 70.3 cm³/mol. The van der Waals surface area contributed by atoms with Crippen molar-refractivity contribution < 1.29 is 0 Å². The number of halogens is 2. The van der Waals surface area contributed by atoms with Crippen LogP contribution in [0.15, 0.2) is 18.2 Å². The molecule has 1 fully saturated rings. The lowest BCUT2D eigenvalue weighted by Crippen LogP contribution is -2.27. The van der Waals surface area contributed by atoms with Gasteiger partial charge in [0.25, 0.3) is 0 Å². The van der Waals surface area contributed by atoms with Crippen molar-refractivity contribution in [3.63, 3.8) is 0 Å². The van der Waals surface area contributed by atoms with Crippen molar-refractivity contribution in [2.45, 2.75) is 44.1 Å². The molecule has 3 heteroatoms. The SMILES string of the molecule is NC1CCCCCC1c1c(Cl)cccc1Cl. The van der Waals surface area contributed by atoms with Crippen LogP contribution < -0.4 is 5.73 Å². The highest BCUT2D eigenvalue weighted by molar-refractivity contribution is 6.36. The molecular formula is C13H17Cl2N. The molecule has 0 radical (unpaired) electrons. The molecule has 0 saturated heterocycles. The van der Waals surface area contributed by atoms with Crippen LogP contribution in [0.1, 0.15) is 43.6 Å². The normalized spacial score (nSPS) is 26.4. The van der Waals surface area contributed by atoms with Crippen LogP contribution in [0, 0.1) is 0 Å². The molecule has 0 heterocycles. The van der Waals surface area contributed by atoms with Gasteiger partial charge in [0.2, 0.25) is 0 Å². The molecular weight excluding hydrogens is 241 g/mol. The van der Waals surface area contributed by atoms with Gasteiger partial charge in [-0.15, -0.1) is 0 Å². The molecule has 1 aliphatic carbocycles. The molecule has 0 aliphatic heterocycles. The molecule has 0 aromatic heterocycles. The van der Waals surface area contributed by atoms with Gasteiger partial charge in [-0.1, -0.05) is 48.5 Å². The lowest BCUT2D eigenvalue weighted by Gasteiger charge is -2.23. The zero-order valence-corrected chi connectivity index (χ0v) is 10.8. The Kier molecular flexibility index (Phi) is 4.12. The summed E-state index contributed by atoms with van der Waals surface area (Å²) in [6.45, 7) is 0. The summed E-state index contributed by atoms with van der Waals surface area (Å²) in [4.78, 5) is 0. The molecule has 2 atom stereocenters. The van der Waals surface area contributed by atoms with E-state index in [1.165, 1.54) is 19.3 Å². The molecule has 1 saturated carbocycles. The Balaban J connectivity index is 2.33. The Bertz CT molecular complexity index is 345. The van der Waals surface area contributed by atoms with Crippen molar-refractivity contribution >= 4 is 23.2 Å². The van der Waals surface area contributed by atoms with Crippen molar-refractivity contribution in [2.75, 3.05) is 0 Å². The van der Waals surface area contributed by atoms with Crippen LogP contribution in [-0.2, 0) is 0 Å². The molecule has 1 aromatic rings. The van der Waals surface area contributed by atoms with E-state index in [2.05, 4.69) is 0 Å². The van der Waals surface area contributed by atoms with Gasteiger partial charge in [0.05, 0.1) is 0 Å². The van der Waals surface area contributed by atoms with Crippen LogP contribution in [0.5, 0.6) is 0 Å². The third-order valence-electron chi connectivity index (χ3n) is 3.44. The van der Waals surface area contributed by atoms with E-state index in [-0.39, 0.29) is 6.04 Å². The Labute approximate surface area is 107 Å². The minimum atomic E-state index is 0.194. The summed E-state index contributed by atoms with van der Waals surface area (Å²) in [6, 6.07) is 5.89. The first kappa shape index (κ1) is 12.2. The lowest BCUT2D eigenvalue weighted by atomic mass is 9.88. The molecule has 16 heavy (non-hydrogen) atoms. The highest BCUT2D eigenvalue weighted by Gasteiger charge is 2.25. The number of rotatable bonds is 1. The minimum absolute atomic E-state index is 0.194. The average Bonchev–Trinajstić information content (AvgIpc) is 2.44. The van der Waals surface area contributed by atoms with Crippen molar-refractivity contribution in [1.82, 2.24) is 0 Å². The Hall–Kier alpha value is -0.240. The molecule has 1 nitrogen and oxygen atoms in total. The van der Waals surface area contributed by atoms with Gasteiger partial charge in [-0.3, -0.25) is 0 Å². The second kappa shape index (κ2) is 5.39. The predicted octanol–water partition coefficient (Wildman–Crippen LogP) is 4.37. The Morgan fingerprint density at radius 2 is 1.62 bits per heavy atom. The minimum Gasteiger partial charge on any atom is -0.327 e. The fraction of sp³-hybridized carbons (Fsp3) is 0.538. The van der Waals surface area contributed by atoms with Gasteiger partial charge >= 0.3 is 0 Å². The summed E-state index contributed by atoms with van der Waals surface area (Å²) in [6.07, 6.45) is 5.89. The molecule has 1 aliphatic rings. The molecule has 2 N–H and O–H groups in total. The van der Waals surface area contributed by atoms with Crippen LogP contribution in [0.4, 0.5) is 0 Å². The number of hydrogen-bond donors (Lipinski definition) is 1. The Morgan fingerprint density at radius 3 is 2.31 bits per heavy atom. The van der Waals surface area contributed by atoms with Crippen LogP contribution in [0.25, 0.3) is 0 Å². The molecule has 0 spiro atoms. The van der Waals surface area contributed by atoms with E-state index in [9.17, 15) is 0 Å². The molecule has 88 valence electrons. The van der Waals surface area contributed by atoms with Gasteiger partial charge in [0.1, 0.15) is 0 Å². The molecule has 2 rings (SSSR count). The van der Waals surface area contributed by atoms with E-state index in [1.54, 1.807) is 0 Å². The monoisotopic (exact) mass is 257 g/mol. The third kappa shape index (κ3) is 2.53. The summed E-state index contributed by atoms with van der Waals surface area (Å²) >= 11 is 12.5. The van der Waals surface area contributed by atoms with Crippen LogP contribution >= 0.6 is 23.2 Å². The van der Waals surface area contributed by atoms with E-state index in [0.717, 1.165) is 28.5 Å². The van der Waals surface area contributed by atoms with Crippen molar-refractivity contribution in [3.05, 3.63) is 33.8 Å². The van der Waals surface area contributed by atoms with E-state index >= 15 is 0 Å². The van der Waals surface area contributed by atoms with Gasteiger partial charge in [0, 0.05) is 22.0 Å². The van der Waals surface area contributed by atoms with Gasteiger partial charge in [-0.25, -0.2) is 0 Å². The summed E-state index contributed by atoms with van der Waals surface area (Å²) < 4.78 is 0. The Morgan fingerprint density at radius 1 is 1.00 bits per heavy atom. The quantitative estimate of drug-likeness (QED) is 0.744. The van der Waals surface area contributed by atoms with Gasteiger partial charge in [-0.05, 0) is 30.5 Å². The average molecular weight is 258 g/mol. The smallest absolute Gasteiger partial charge is 0.0456 e. The summed E-state index contributed by atoms with van der Waals surface area (Å²) in [5.41, 5.74) is 7.29. The van der Waals surface area contributed by atoms with Crippen molar-refractivity contribution in [3.8, 4) is 0 Å². The first-order valence-corrected chi connectivity index (χ1v) is 6.65. The third-order valence-corrected chi connectivity index (χ3v) is 4.10. The fourth-order valence-corrected chi connectivity index (χ4v) is 3.24. The molecule has 0 amide bonds. The summed E-state index contributed by atoms with van der Waals surface area (Å²) in [7, 11) is 0. The maximum Gasteiger partial charge on any atom is 0.0456 e. The van der Waals surface area contributed by atoms with E-state index in [1.807, 2.05) is 18.2 Å². The largest absolute Gasteiger partial charge is 0.327 e. The summed E-state index contributed by atoms with van der Waals surface area (Å²) in [5, 5.41) is 1.52. The maximum atomic E-state index is 6.24. The van der Waals surface area contributed by atoms with E-state index in [4.69, 9.17) is 28.9 Å². The van der Waals surface area contributed by atoms with Crippen molar-refractivity contribution in [1.29, 1.82) is 0 Å². The van der Waals surface area contributed by atoms with Crippen LogP contribution in [0.3, 0.4) is 0 Å². The van der Waals surface area contributed by atoms with Crippen LogP contribution in [-0.4, -0.2) is 6.04 Å². The van der Waals surface area contributed by atoms with E-state index < -0.39 is 0 Å². The topological polar surface area (TPSA) is 26.0 Å². The zero-order valence-electron chi connectivity index (χ0n) is 9.26.